The number of carbonyl (C=O) groups excluding carboxylic acids is 2. The smallest absolute Gasteiger partial charge is 0.337 e. The van der Waals surface area contributed by atoms with Crippen molar-refractivity contribution < 1.29 is 18.7 Å². The first-order valence-electron chi connectivity index (χ1n) is 7.34. The fourth-order valence-corrected chi connectivity index (χ4v) is 2.12. The van der Waals surface area contributed by atoms with E-state index < -0.39 is 11.8 Å². The number of benzene rings is 2. The van der Waals surface area contributed by atoms with Crippen molar-refractivity contribution in [1.82, 2.24) is 4.90 Å². The number of methoxy groups -OCH3 is 1. The Kier molecular flexibility index (Phi) is 5.52. The molecule has 0 aliphatic carbocycles. The SMILES string of the molecule is COC(=O)c1ccc(NCc2ccc(C(=O)N(C)C)cc2)c(F)c1. The van der Waals surface area contributed by atoms with Gasteiger partial charge < -0.3 is 15.0 Å². The Bertz CT molecular complexity index is 742. The lowest BCUT2D eigenvalue weighted by molar-refractivity contribution is 0.0600. The summed E-state index contributed by atoms with van der Waals surface area (Å²) in [7, 11) is 4.63. The van der Waals surface area contributed by atoms with Gasteiger partial charge in [0.25, 0.3) is 5.91 Å². The molecule has 2 aromatic rings. The number of nitrogens with zero attached hydrogens (tertiary/aromatic N) is 1. The van der Waals surface area contributed by atoms with E-state index in [4.69, 9.17) is 0 Å². The van der Waals surface area contributed by atoms with E-state index >= 15 is 0 Å². The summed E-state index contributed by atoms with van der Waals surface area (Å²) in [6.07, 6.45) is 0. The van der Waals surface area contributed by atoms with Gasteiger partial charge in [-0.05, 0) is 35.9 Å². The van der Waals surface area contributed by atoms with E-state index in [1.807, 2.05) is 12.1 Å². The van der Waals surface area contributed by atoms with E-state index in [0.717, 1.165) is 11.6 Å². The second-order valence-electron chi connectivity index (χ2n) is 5.44. The molecule has 24 heavy (non-hydrogen) atoms. The second-order valence-corrected chi connectivity index (χ2v) is 5.44. The zero-order valence-corrected chi connectivity index (χ0v) is 13.8. The molecule has 1 amide bonds. The standard InChI is InChI=1S/C18H19FN2O3/c1-21(2)17(22)13-6-4-12(5-7-13)11-20-16-9-8-14(10-15(16)19)18(23)24-3/h4-10,20H,11H2,1-3H3. The van der Waals surface area contributed by atoms with Crippen LogP contribution in [0.4, 0.5) is 10.1 Å². The van der Waals surface area contributed by atoms with Crippen molar-refractivity contribution in [2.75, 3.05) is 26.5 Å². The molecule has 0 atom stereocenters. The van der Waals surface area contributed by atoms with Crippen molar-refractivity contribution in [3.8, 4) is 0 Å². The lowest BCUT2D eigenvalue weighted by atomic mass is 10.1. The first-order valence-corrected chi connectivity index (χ1v) is 7.34. The average molecular weight is 330 g/mol. The van der Waals surface area contributed by atoms with Crippen molar-refractivity contribution in [3.05, 3.63) is 65.0 Å². The van der Waals surface area contributed by atoms with Gasteiger partial charge >= 0.3 is 5.97 Å². The number of halogens is 1. The molecule has 0 spiro atoms. The predicted molar refractivity (Wildman–Crippen MR) is 89.5 cm³/mol. The van der Waals surface area contributed by atoms with Gasteiger partial charge in [0.05, 0.1) is 18.4 Å². The van der Waals surface area contributed by atoms with Crippen molar-refractivity contribution in [2.45, 2.75) is 6.54 Å². The third-order valence-corrected chi connectivity index (χ3v) is 3.48. The van der Waals surface area contributed by atoms with E-state index in [1.54, 1.807) is 26.2 Å². The summed E-state index contributed by atoms with van der Waals surface area (Å²) in [5.41, 5.74) is 1.95. The van der Waals surface area contributed by atoms with Crippen molar-refractivity contribution in [2.24, 2.45) is 0 Å². The zero-order chi connectivity index (χ0) is 17.7. The molecule has 126 valence electrons. The number of hydrogen-bond acceptors (Lipinski definition) is 4. The minimum atomic E-state index is -0.582. The topological polar surface area (TPSA) is 58.6 Å². The van der Waals surface area contributed by atoms with Crippen LogP contribution in [0.25, 0.3) is 0 Å². The Morgan fingerprint density at radius 1 is 1.08 bits per heavy atom. The summed E-state index contributed by atoms with van der Waals surface area (Å²) in [5, 5.41) is 2.96. The van der Waals surface area contributed by atoms with Gasteiger partial charge in [0.1, 0.15) is 5.82 Å². The van der Waals surface area contributed by atoms with Crippen LogP contribution in [0, 0.1) is 5.82 Å². The molecule has 0 unspecified atom stereocenters. The number of esters is 1. The molecule has 1 N–H and O–H groups in total. The number of amides is 1. The molecular weight excluding hydrogens is 311 g/mol. The Hall–Kier alpha value is -2.89. The number of anilines is 1. The molecule has 0 heterocycles. The van der Waals surface area contributed by atoms with Crippen LogP contribution in [0.5, 0.6) is 0 Å². The monoisotopic (exact) mass is 330 g/mol. The molecule has 2 aromatic carbocycles. The van der Waals surface area contributed by atoms with Crippen LogP contribution in [0.1, 0.15) is 26.3 Å². The van der Waals surface area contributed by atoms with Gasteiger partial charge in [0.15, 0.2) is 0 Å². The molecule has 5 nitrogen and oxygen atoms in total. The third kappa shape index (κ3) is 4.10. The molecule has 0 radical (unpaired) electrons. The zero-order valence-electron chi connectivity index (χ0n) is 13.8. The van der Waals surface area contributed by atoms with E-state index in [1.165, 1.54) is 24.1 Å². The fraction of sp³-hybridized carbons (Fsp3) is 0.222. The van der Waals surface area contributed by atoms with E-state index in [2.05, 4.69) is 10.1 Å². The quantitative estimate of drug-likeness (QED) is 0.857. The first-order chi connectivity index (χ1) is 11.4. The summed E-state index contributed by atoms with van der Waals surface area (Å²) in [4.78, 5) is 24.7. The summed E-state index contributed by atoms with van der Waals surface area (Å²) in [6.45, 7) is 0.394. The van der Waals surface area contributed by atoms with Gasteiger partial charge in [0, 0.05) is 26.2 Å². The number of carbonyl (C=O) groups is 2. The first kappa shape index (κ1) is 17.5. The Morgan fingerprint density at radius 2 is 1.71 bits per heavy atom. The van der Waals surface area contributed by atoms with Crippen molar-refractivity contribution >= 4 is 17.6 Å². The Labute approximate surface area is 140 Å². The van der Waals surface area contributed by atoms with Gasteiger partial charge in [-0.2, -0.15) is 0 Å². The molecule has 0 aromatic heterocycles. The normalized spacial score (nSPS) is 10.2. The highest BCUT2D eigenvalue weighted by Crippen LogP contribution is 2.17. The maximum atomic E-state index is 14.0. The second kappa shape index (κ2) is 7.59. The molecule has 6 heteroatoms. The molecule has 2 rings (SSSR count). The van der Waals surface area contributed by atoms with Crippen molar-refractivity contribution in [3.63, 3.8) is 0 Å². The molecule has 0 aliphatic rings. The van der Waals surface area contributed by atoms with Gasteiger partial charge in [-0.15, -0.1) is 0 Å². The highest BCUT2D eigenvalue weighted by molar-refractivity contribution is 5.93. The van der Waals surface area contributed by atoms with E-state index in [9.17, 15) is 14.0 Å². The molecule has 0 saturated heterocycles. The van der Waals surface area contributed by atoms with Crippen LogP contribution in [0.2, 0.25) is 0 Å². The Balaban J connectivity index is 2.03. The third-order valence-electron chi connectivity index (χ3n) is 3.48. The van der Waals surface area contributed by atoms with E-state index in [-0.39, 0.29) is 17.2 Å². The molecule has 0 fully saturated rings. The van der Waals surface area contributed by atoms with Crippen LogP contribution >= 0.6 is 0 Å². The van der Waals surface area contributed by atoms with Gasteiger partial charge in [-0.25, -0.2) is 9.18 Å². The Morgan fingerprint density at radius 3 is 2.25 bits per heavy atom. The predicted octanol–water partition coefficient (Wildman–Crippen LogP) is 2.93. The molecular formula is C18H19FN2O3. The molecule has 0 bridgehead atoms. The lowest BCUT2D eigenvalue weighted by Crippen LogP contribution is -2.21. The lowest BCUT2D eigenvalue weighted by Gasteiger charge is -2.11. The maximum absolute atomic E-state index is 14.0. The van der Waals surface area contributed by atoms with E-state index in [0.29, 0.717) is 12.1 Å². The van der Waals surface area contributed by atoms with Crippen LogP contribution in [0.3, 0.4) is 0 Å². The average Bonchev–Trinajstić information content (AvgIpc) is 2.59. The minimum absolute atomic E-state index is 0.0704. The fourth-order valence-electron chi connectivity index (χ4n) is 2.12. The number of hydrogen-bond donors (Lipinski definition) is 1. The van der Waals surface area contributed by atoms with Crippen LogP contribution < -0.4 is 5.32 Å². The van der Waals surface area contributed by atoms with Gasteiger partial charge in [-0.1, -0.05) is 12.1 Å². The van der Waals surface area contributed by atoms with Gasteiger partial charge in [-0.3, -0.25) is 4.79 Å². The van der Waals surface area contributed by atoms with Crippen LogP contribution in [0.15, 0.2) is 42.5 Å². The summed E-state index contributed by atoms with van der Waals surface area (Å²) >= 11 is 0. The summed E-state index contributed by atoms with van der Waals surface area (Å²) < 4.78 is 18.5. The highest BCUT2D eigenvalue weighted by Gasteiger charge is 2.10. The molecule has 0 aliphatic heterocycles. The van der Waals surface area contributed by atoms with Crippen LogP contribution in [-0.4, -0.2) is 38.0 Å². The maximum Gasteiger partial charge on any atom is 0.337 e. The van der Waals surface area contributed by atoms with Crippen LogP contribution in [-0.2, 0) is 11.3 Å². The number of nitrogens with one attached hydrogen (secondary N) is 1. The van der Waals surface area contributed by atoms with Crippen molar-refractivity contribution in [1.29, 1.82) is 0 Å². The van der Waals surface area contributed by atoms with Gasteiger partial charge in [0.2, 0.25) is 0 Å². The highest BCUT2D eigenvalue weighted by atomic mass is 19.1. The number of rotatable bonds is 5. The summed E-state index contributed by atoms with van der Waals surface area (Å²) in [5.74, 6) is -1.18. The minimum Gasteiger partial charge on any atom is -0.465 e. The largest absolute Gasteiger partial charge is 0.465 e. The molecule has 0 saturated carbocycles. The number of ether oxygens (including phenoxy) is 1. The summed E-state index contributed by atoms with van der Waals surface area (Å²) in [6, 6.07) is 11.2.